The molecule has 4 heteroatoms. The first-order chi connectivity index (χ1) is 12.8. The predicted octanol–water partition coefficient (Wildman–Crippen LogP) is 5.55. The first kappa shape index (κ1) is 24.4. The summed E-state index contributed by atoms with van der Waals surface area (Å²) in [5.74, 6) is -0.937. The lowest BCUT2D eigenvalue weighted by Gasteiger charge is -2.32. The van der Waals surface area contributed by atoms with Gasteiger partial charge in [-0.2, -0.15) is 0 Å². The second-order valence-electron chi connectivity index (χ2n) is 9.70. The largest absolute Gasteiger partial charge is 0.481 e. The molecule has 1 fully saturated rings. The molecule has 1 aliphatic carbocycles. The van der Waals surface area contributed by atoms with Gasteiger partial charge in [0.15, 0.2) is 0 Å². The highest BCUT2D eigenvalue weighted by Gasteiger charge is 2.52. The quantitative estimate of drug-likeness (QED) is 0.287. The van der Waals surface area contributed by atoms with Crippen LogP contribution in [0.3, 0.4) is 0 Å². The van der Waals surface area contributed by atoms with Crippen molar-refractivity contribution in [2.24, 2.45) is 16.7 Å². The number of carboxylic acids is 1. The molecule has 0 spiro atoms. The summed E-state index contributed by atoms with van der Waals surface area (Å²) in [6.07, 6.45) is 13.8. The van der Waals surface area contributed by atoms with Crippen molar-refractivity contribution in [2.75, 3.05) is 6.61 Å². The van der Waals surface area contributed by atoms with E-state index in [1.54, 1.807) is 0 Å². The molecule has 0 amide bonds. The number of aliphatic hydroxyl groups is 2. The van der Waals surface area contributed by atoms with Crippen LogP contribution in [0.4, 0.5) is 0 Å². The van der Waals surface area contributed by atoms with E-state index in [9.17, 15) is 15.0 Å². The van der Waals surface area contributed by atoms with Crippen molar-refractivity contribution in [2.45, 2.75) is 117 Å². The third-order valence-electron chi connectivity index (χ3n) is 6.55. The summed E-state index contributed by atoms with van der Waals surface area (Å²) in [6, 6.07) is 0. The van der Waals surface area contributed by atoms with Gasteiger partial charge in [0.2, 0.25) is 0 Å². The summed E-state index contributed by atoms with van der Waals surface area (Å²) < 4.78 is 0. The average molecular weight is 385 g/mol. The van der Waals surface area contributed by atoms with Gasteiger partial charge >= 0.3 is 5.97 Å². The molecule has 0 aliphatic heterocycles. The highest BCUT2D eigenvalue weighted by molar-refractivity contribution is 5.71. The van der Waals surface area contributed by atoms with Gasteiger partial charge in [0, 0.05) is 6.61 Å². The van der Waals surface area contributed by atoms with Crippen molar-refractivity contribution >= 4 is 5.97 Å². The minimum Gasteiger partial charge on any atom is -0.481 e. The fourth-order valence-electron chi connectivity index (χ4n) is 4.52. The van der Waals surface area contributed by atoms with Gasteiger partial charge in [0.1, 0.15) is 0 Å². The summed E-state index contributed by atoms with van der Waals surface area (Å²) >= 11 is 0. The number of carboxylic acid groups (broad SMARTS) is 1. The summed E-state index contributed by atoms with van der Waals surface area (Å²) in [5.41, 5.74) is -0.0357. The Morgan fingerprint density at radius 3 is 2.19 bits per heavy atom. The van der Waals surface area contributed by atoms with E-state index >= 15 is 0 Å². The summed E-state index contributed by atoms with van der Waals surface area (Å²) in [5, 5.41) is 28.9. The molecule has 160 valence electrons. The monoisotopic (exact) mass is 384 g/mol. The number of unbranched alkanes of at least 4 members (excludes halogenated alkanes) is 4. The maximum atomic E-state index is 11.9. The number of rotatable bonds is 17. The number of hydrogen-bond donors (Lipinski definition) is 3. The third-order valence-corrected chi connectivity index (χ3v) is 6.55. The predicted molar refractivity (Wildman–Crippen MR) is 111 cm³/mol. The van der Waals surface area contributed by atoms with E-state index in [4.69, 9.17) is 5.11 Å². The van der Waals surface area contributed by atoms with Gasteiger partial charge < -0.3 is 15.3 Å². The highest BCUT2D eigenvalue weighted by atomic mass is 16.4. The Bertz CT molecular complexity index is 415. The molecule has 0 heterocycles. The van der Waals surface area contributed by atoms with E-state index < -0.39 is 5.97 Å². The Kier molecular flexibility index (Phi) is 10.9. The van der Waals surface area contributed by atoms with E-state index in [-0.39, 0.29) is 29.5 Å². The van der Waals surface area contributed by atoms with Crippen LogP contribution in [0.1, 0.15) is 111 Å². The Morgan fingerprint density at radius 2 is 1.67 bits per heavy atom. The zero-order valence-electron chi connectivity index (χ0n) is 18.0. The van der Waals surface area contributed by atoms with Crippen LogP contribution in [-0.2, 0) is 4.79 Å². The van der Waals surface area contributed by atoms with Crippen LogP contribution in [0, 0.1) is 16.7 Å². The molecular formula is C23H44O4. The molecule has 0 saturated heterocycles. The van der Waals surface area contributed by atoms with E-state index in [1.165, 1.54) is 12.8 Å². The molecular weight excluding hydrogens is 340 g/mol. The average Bonchev–Trinajstić information content (AvgIpc) is 3.38. The molecule has 1 aliphatic rings. The van der Waals surface area contributed by atoms with E-state index in [0.717, 1.165) is 70.6 Å². The smallest absolute Gasteiger partial charge is 0.307 e. The van der Waals surface area contributed by atoms with Gasteiger partial charge in [0.05, 0.1) is 12.0 Å². The Hall–Kier alpha value is -0.610. The zero-order chi connectivity index (χ0) is 20.3. The van der Waals surface area contributed by atoms with Crippen LogP contribution in [0.2, 0.25) is 0 Å². The van der Waals surface area contributed by atoms with Crippen LogP contribution in [0.15, 0.2) is 0 Å². The Labute approximate surface area is 166 Å². The van der Waals surface area contributed by atoms with Crippen molar-refractivity contribution < 1.29 is 20.1 Å². The first-order valence-electron chi connectivity index (χ1n) is 11.3. The molecule has 4 nitrogen and oxygen atoms in total. The van der Waals surface area contributed by atoms with E-state index in [0.29, 0.717) is 6.42 Å². The van der Waals surface area contributed by atoms with Crippen LogP contribution in [-0.4, -0.2) is 34.0 Å². The Balaban J connectivity index is 2.32. The number of carbonyl (C=O) groups is 1. The third kappa shape index (κ3) is 9.43. The fraction of sp³-hybridized carbons (Fsp3) is 0.957. The maximum absolute atomic E-state index is 11.9. The van der Waals surface area contributed by atoms with Crippen LogP contribution in [0.5, 0.6) is 0 Å². The lowest BCUT2D eigenvalue weighted by molar-refractivity contribution is -0.146. The standard InChI is InChI=1S/C23H44O4/c1-4-5-7-11-19(25)12-8-6-9-13-22(2,3)18-20(21(26)27)23(15-16-23)14-10-17-24/h19-20,24-25H,4-18H2,1-3H3,(H,26,27). The van der Waals surface area contributed by atoms with Gasteiger partial charge in [-0.1, -0.05) is 59.3 Å². The number of aliphatic carboxylic acids is 1. The summed E-state index contributed by atoms with van der Waals surface area (Å²) in [4.78, 5) is 11.9. The van der Waals surface area contributed by atoms with Crippen molar-refractivity contribution in [3.05, 3.63) is 0 Å². The van der Waals surface area contributed by atoms with Crippen LogP contribution < -0.4 is 0 Å². The molecule has 3 N–H and O–H groups in total. The highest BCUT2D eigenvalue weighted by Crippen LogP contribution is 2.58. The second-order valence-corrected chi connectivity index (χ2v) is 9.70. The second kappa shape index (κ2) is 12.1. The Morgan fingerprint density at radius 1 is 1.04 bits per heavy atom. The molecule has 0 aromatic rings. The van der Waals surface area contributed by atoms with Crippen molar-refractivity contribution in [1.82, 2.24) is 0 Å². The van der Waals surface area contributed by atoms with Gasteiger partial charge in [-0.15, -0.1) is 0 Å². The lowest BCUT2D eigenvalue weighted by Crippen LogP contribution is -2.30. The van der Waals surface area contributed by atoms with Gasteiger partial charge in [-0.25, -0.2) is 0 Å². The maximum Gasteiger partial charge on any atom is 0.307 e. The van der Waals surface area contributed by atoms with Crippen LogP contribution in [0.25, 0.3) is 0 Å². The first-order valence-corrected chi connectivity index (χ1v) is 11.3. The normalized spacial score (nSPS) is 18.3. The summed E-state index contributed by atoms with van der Waals surface area (Å²) in [7, 11) is 0. The number of aliphatic hydroxyl groups excluding tert-OH is 2. The molecule has 0 radical (unpaired) electrons. The van der Waals surface area contributed by atoms with Crippen molar-refractivity contribution in [1.29, 1.82) is 0 Å². The molecule has 0 aromatic heterocycles. The summed E-state index contributed by atoms with van der Waals surface area (Å²) in [6.45, 7) is 6.73. The van der Waals surface area contributed by atoms with Crippen molar-refractivity contribution in [3.63, 3.8) is 0 Å². The SMILES string of the molecule is CCCCCC(O)CCCCCC(C)(C)CC(C(=O)O)C1(CCCO)CC1. The zero-order valence-corrected chi connectivity index (χ0v) is 18.0. The van der Waals surface area contributed by atoms with Gasteiger partial charge in [-0.3, -0.25) is 4.79 Å². The molecule has 1 rings (SSSR count). The minimum atomic E-state index is -0.659. The fourth-order valence-corrected chi connectivity index (χ4v) is 4.52. The van der Waals surface area contributed by atoms with Gasteiger partial charge in [-0.05, 0) is 62.2 Å². The van der Waals surface area contributed by atoms with E-state index in [2.05, 4.69) is 20.8 Å². The molecule has 2 atom stereocenters. The molecule has 2 unspecified atom stereocenters. The van der Waals surface area contributed by atoms with E-state index in [1.807, 2.05) is 0 Å². The molecule has 27 heavy (non-hydrogen) atoms. The topological polar surface area (TPSA) is 77.8 Å². The number of hydrogen-bond acceptors (Lipinski definition) is 3. The van der Waals surface area contributed by atoms with Gasteiger partial charge in [0.25, 0.3) is 0 Å². The molecule has 0 bridgehead atoms. The van der Waals surface area contributed by atoms with Crippen molar-refractivity contribution in [3.8, 4) is 0 Å². The van der Waals surface area contributed by atoms with Crippen LogP contribution >= 0.6 is 0 Å². The lowest BCUT2D eigenvalue weighted by atomic mass is 9.72. The molecule has 0 aromatic carbocycles. The minimum absolute atomic E-state index is 0.0254. The molecule has 1 saturated carbocycles.